The third kappa shape index (κ3) is 4.34. The van der Waals surface area contributed by atoms with Gasteiger partial charge in [0.2, 0.25) is 5.91 Å². The van der Waals surface area contributed by atoms with Gasteiger partial charge in [-0.3, -0.25) is 4.79 Å². The van der Waals surface area contributed by atoms with Gasteiger partial charge in [0.1, 0.15) is 0 Å². The Balaban J connectivity index is 0.000000561. The van der Waals surface area contributed by atoms with Crippen molar-refractivity contribution in [2.75, 3.05) is 26.8 Å². The van der Waals surface area contributed by atoms with Gasteiger partial charge in [-0.25, -0.2) is 0 Å². The zero-order chi connectivity index (χ0) is 9.40. The minimum absolute atomic E-state index is 0.239. The molecule has 1 heterocycles. The van der Waals surface area contributed by atoms with Crippen molar-refractivity contribution in [3.63, 3.8) is 0 Å². The molecule has 1 aliphatic heterocycles. The summed E-state index contributed by atoms with van der Waals surface area (Å²) in [5.41, 5.74) is 0. The van der Waals surface area contributed by atoms with E-state index in [2.05, 4.69) is 0 Å². The molecule has 3 nitrogen and oxygen atoms in total. The number of hydrogen-bond donors (Lipinski definition) is 0. The molecular formula is C9H19NO2. The monoisotopic (exact) mass is 173 g/mol. The van der Waals surface area contributed by atoms with Crippen molar-refractivity contribution in [3.05, 3.63) is 0 Å². The molecule has 1 fully saturated rings. The number of nitrogens with zero attached hydrogens (tertiary/aromatic N) is 1. The van der Waals surface area contributed by atoms with E-state index in [9.17, 15) is 4.79 Å². The van der Waals surface area contributed by atoms with Crippen molar-refractivity contribution in [1.82, 2.24) is 4.90 Å². The lowest BCUT2D eigenvalue weighted by atomic mass is 10.3. The highest BCUT2D eigenvalue weighted by Crippen LogP contribution is 1.99. The molecular weight excluding hydrogens is 154 g/mol. The highest BCUT2D eigenvalue weighted by atomic mass is 16.5. The van der Waals surface area contributed by atoms with Crippen LogP contribution in [0.3, 0.4) is 0 Å². The van der Waals surface area contributed by atoms with Gasteiger partial charge in [0.25, 0.3) is 0 Å². The number of hydrogen-bond acceptors (Lipinski definition) is 2. The fourth-order valence-corrected chi connectivity index (χ4v) is 0.945. The SMILES string of the molecule is CC.CN1CCOCCCC1=O. The molecule has 0 aromatic rings. The molecule has 0 aromatic carbocycles. The van der Waals surface area contributed by atoms with Crippen LogP contribution in [0.2, 0.25) is 0 Å². The first-order valence-electron chi connectivity index (χ1n) is 4.62. The summed E-state index contributed by atoms with van der Waals surface area (Å²) >= 11 is 0. The Hall–Kier alpha value is -0.570. The second-order valence-corrected chi connectivity index (χ2v) is 2.53. The Morgan fingerprint density at radius 2 is 2.00 bits per heavy atom. The van der Waals surface area contributed by atoms with E-state index in [-0.39, 0.29) is 5.91 Å². The van der Waals surface area contributed by atoms with Crippen LogP contribution in [0.15, 0.2) is 0 Å². The van der Waals surface area contributed by atoms with Gasteiger partial charge in [0.15, 0.2) is 0 Å². The lowest BCUT2D eigenvalue weighted by molar-refractivity contribution is -0.132. The lowest BCUT2D eigenvalue weighted by Crippen LogP contribution is -2.32. The number of carbonyl (C=O) groups excluding carboxylic acids is 1. The molecule has 0 spiro atoms. The van der Waals surface area contributed by atoms with Crippen molar-refractivity contribution in [2.24, 2.45) is 0 Å². The second kappa shape index (κ2) is 7.10. The number of ether oxygens (including phenoxy) is 1. The van der Waals surface area contributed by atoms with E-state index in [1.165, 1.54) is 0 Å². The van der Waals surface area contributed by atoms with Gasteiger partial charge in [0, 0.05) is 26.6 Å². The maximum atomic E-state index is 11.0. The maximum Gasteiger partial charge on any atom is 0.222 e. The molecule has 72 valence electrons. The Morgan fingerprint density at radius 3 is 2.67 bits per heavy atom. The summed E-state index contributed by atoms with van der Waals surface area (Å²) in [6.45, 7) is 6.15. The van der Waals surface area contributed by atoms with Crippen molar-refractivity contribution in [2.45, 2.75) is 26.7 Å². The van der Waals surface area contributed by atoms with Crippen LogP contribution in [0.5, 0.6) is 0 Å². The third-order valence-corrected chi connectivity index (χ3v) is 1.68. The quantitative estimate of drug-likeness (QED) is 0.552. The van der Waals surface area contributed by atoms with Crippen molar-refractivity contribution < 1.29 is 9.53 Å². The number of carbonyl (C=O) groups is 1. The van der Waals surface area contributed by atoms with E-state index in [0.717, 1.165) is 19.6 Å². The Morgan fingerprint density at radius 1 is 1.33 bits per heavy atom. The Bertz CT molecular complexity index is 126. The predicted molar refractivity (Wildman–Crippen MR) is 49.0 cm³/mol. The van der Waals surface area contributed by atoms with Crippen LogP contribution in [0.25, 0.3) is 0 Å². The van der Waals surface area contributed by atoms with Crippen LogP contribution in [0.1, 0.15) is 26.7 Å². The minimum atomic E-state index is 0.239. The molecule has 1 amide bonds. The molecule has 1 aliphatic rings. The summed E-state index contributed by atoms with van der Waals surface area (Å²) in [4.78, 5) is 12.8. The van der Waals surface area contributed by atoms with E-state index in [4.69, 9.17) is 4.74 Å². The lowest BCUT2D eigenvalue weighted by Gasteiger charge is -2.19. The molecule has 0 N–H and O–H groups in total. The van der Waals surface area contributed by atoms with Gasteiger partial charge in [-0.2, -0.15) is 0 Å². The first-order valence-corrected chi connectivity index (χ1v) is 4.62. The summed E-state index contributed by atoms with van der Waals surface area (Å²) in [6, 6.07) is 0. The topological polar surface area (TPSA) is 29.5 Å². The second-order valence-electron chi connectivity index (χ2n) is 2.53. The molecule has 0 bridgehead atoms. The van der Waals surface area contributed by atoms with Gasteiger partial charge in [-0.05, 0) is 6.42 Å². The standard InChI is InChI=1S/C7H13NO2.C2H6/c1-8-4-6-10-5-2-3-7(8)9;1-2/h2-6H2,1H3;1-2H3. The molecule has 0 aliphatic carbocycles. The molecule has 0 atom stereocenters. The molecule has 1 saturated heterocycles. The predicted octanol–water partition coefficient (Wildman–Crippen LogP) is 1.28. The van der Waals surface area contributed by atoms with E-state index >= 15 is 0 Å². The fourth-order valence-electron chi connectivity index (χ4n) is 0.945. The zero-order valence-corrected chi connectivity index (χ0v) is 8.30. The average molecular weight is 173 g/mol. The first-order chi connectivity index (χ1) is 5.80. The largest absolute Gasteiger partial charge is 0.380 e. The van der Waals surface area contributed by atoms with Gasteiger partial charge in [0.05, 0.1) is 6.61 Å². The smallest absolute Gasteiger partial charge is 0.222 e. The Labute approximate surface area is 74.7 Å². The van der Waals surface area contributed by atoms with Crippen LogP contribution < -0.4 is 0 Å². The van der Waals surface area contributed by atoms with Crippen LogP contribution in [0.4, 0.5) is 0 Å². The number of amides is 1. The van der Waals surface area contributed by atoms with Crippen molar-refractivity contribution in [1.29, 1.82) is 0 Å². The number of likely N-dealkylation sites (N-methyl/N-ethyl adjacent to an activating group) is 1. The van der Waals surface area contributed by atoms with Gasteiger partial charge in [-0.15, -0.1) is 0 Å². The van der Waals surface area contributed by atoms with Gasteiger partial charge in [-0.1, -0.05) is 13.8 Å². The molecule has 1 rings (SSSR count). The van der Waals surface area contributed by atoms with Crippen molar-refractivity contribution in [3.8, 4) is 0 Å². The molecule has 0 saturated carbocycles. The first kappa shape index (κ1) is 11.4. The van der Waals surface area contributed by atoms with E-state index < -0.39 is 0 Å². The minimum Gasteiger partial charge on any atom is -0.380 e. The third-order valence-electron chi connectivity index (χ3n) is 1.68. The Kier molecular flexibility index (Phi) is 6.76. The van der Waals surface area contributed by atoms with Crippen LogP contribution >= 0.6 is 0 Å². The molecule has 0 unspecified atom stereocenters. The summed E-state index contributed by atoms with van der Waals surface area (Å²) in [7, 11) is 1.82. The fraction of sp³-hybridized carbons (Fsp3) is 0.889. The maximum absolute atomic E-state index is 11.0. The molecule has 12 heavy (non-hydrogen) atoms. The summed E-state index contributed by atoms with van der Waals surface area (Å²) in [6.07, 6.45) is 1.50. The van der Waals surface area contributed by atoms with Crippen molar-refractivity contribution >= 4 is 5.91 Å². The highest BCUT2D eigenvalue weighted by molar-refractivity contribution is 5.75. The van der Waals surface area contributed by atoms with Crippen LogP contribution in [-0.4, -0.2) is 37.6 Å². The van der Waals surface area contributed by atoms with E-state index in [1.54, 1.807) is 4.90 Å². The van der Waals surface area contributed by atoms with E-state index in [0.29, 0.717) is 13.0 Å². The summed E-state index contributed by atoms with van der Waals surface area (Å²) in [5.74, 6) is 0.239. The van der Waals surface area contributed by atoms with E-state index in [1.807, 2.05) is 20.9 Å². The number of rotatable bonds is 0. The van der Waals surface area contributed by atoms with Crippen LogP contribution in [0, 0.1) is 0 Å². The zero-order valence-electron chi connectivity index (χ0n) is 8.30. The summed E-state index contributed by atoms with van der Waals surface area (Å²) in [5, 5.41) is 0. The van der Waals surface area contributed by atoms with Crippen LogP contribution in [-0.2, 0) is 9.53 Å². The average Bonchev–Trinajstić information content (AvgIpc) is 2.11. The molecule has 3 heteroatoms. The van der Waals surface area contributed by atoms with Gasteiger partial charge >= 0.3 is 0 Å². The highest BCUT2D eigenvalue weighted by Gasteiger charge is 2.09. The molecule has 0 aromatic heterocycles. The molecule has 0 radical (unpaired) electrons. The van der Waals surface area contributed by atoms with Gasteiger partial charge < -0.3 is 9.64 Å². The normalized spacial score (nSPS) is 18.9. The summed E-state index contributed by atoms with van der Waals surface area (Å²) < 4.78 is 5.20.